The first-order chi connectivity index (χ1) is 11.2. The summed E-state index contributed by atoms with van der Waals surface area (Å²) in [6, 6.07) is 13.6. The van der Waals surface area contributed by atoms with Crippen molar-refractivity contribution < 1.29 is 9.63 Å². The molecule has 0 saturated heterocycles. The molecule has 1 unspecified atom stereocenters. The number of hydroxylamine groups is 1. The number of pyridine rings is 1. The molecular formula is C17H18N4O2. The molecule has 118 valence electrons. The number of nitrogens with two attached hydrogens (primary N) is 1. The Morgan fingerprint density at radius 3 is 2.87 bits per heavy atom. The van der Waals surface area contributed by atoms with E-state index in [4.69, 9.17) is 10.6 Å². The molecule has 1 amide bonds. The monoisotopic (exact) mass is 310 g/mol. The fourth-order valence-corrected chi connectivity index (χ4v) is 2.32. The summed E-state index contributed by atoms with van der Waals surface area (Å²) >= 11 is 0. The quantitative estimate of drug-likeness (QED) is 0.786. The highest BCUT2D eigenvalue weighted by Gasteiger charge is 2.21. The molecule has 2 heterocycles. The number of nitrogen functional groups attached to an aromatic ring is 1. The molecule has 3 rings (SSSR count). The van der Waals surface area contributed by atoms with Crippen LogP contribution in [-0.2, 0) is 16.1 Å². The Morgan fingerprint density at radius 2 is 2.09 bits per heavy atom. The second kappa shape index (κ2) is 6.93. The molecule has 1 aliphatic heterocycles. The largest absolute Gasteiger partial charge is 0.382 e. The van der Waals surface area contributed by atoms with Crippen molar-refractivity contribution >= 4 is 17.4 Å². The second-order valence-electron chi connectivity index (χ2n) is 5.25. The lowest BCUT2D eigenvalue weighted by Gasteiger charge is -2.08. The highest BCUT2D eigenvalue weighted by molar-refractivity contribution is 6.04. The maximum absolute atomic E-state index is 12.2. The van der Waals surface area contributed by atoms with Gasteiger partial charge in [-0.2, -0.15) is 0 Å². The average molecular weight is 310 g/mol. The number of benzene rings is 1. The summed E-state index contributed by atoms with van der Waals surface area (Å²) < 4.78 is 0. The molecule has 1 aromatic heterocycles. The smallest absolute Gasteiger partial charge is 0.273 e. The molecule has 23 heavy (non-hydrogen) atoms. The maximum atomic E-state index is 12.2. The van der Waals surface area contributed by atoms with Gasteiger partial charge in [0, 0.05) is 6.20 Å². The SMILES string of the molecule is Nc1ncccc1NC(=O)C1=CC(CCc2ccccc2)ON1. The fraction of sp³-hybridized carbons (Fsp3) is 0.176. The zero-order valence-electron chi connectivity index (χ0n) is 12.5. The molecule has 0 spiro atoms. The van der Waals surface area contributed by atoms with Crippen molar-refractivity contribution in [3.8, 4) is 0 Å². The van der Waals surface area contributed by atoms with E-state index in [9.17, 15) is 4.79 Å². The van der Waals surface area contributed by atoms with Crippen LogP contribution in [-0.4, -0.2) is 17.0 Å². The lowest BCUT2D eigenvalue weighted by Crippen LogP contribution is -2.23. The molecule has 2 aromatic rings. The summed E-state index contributed by atoms with van der Waals surface area (Å²) in [6.45, 7) is 0. The molecule has 4 N–H and O–H groups in total. The third kappa shape index (κ3) is 3.87. The van der Waals surface area contributed by atoms with E-state index in [0.29, 0.717) is 11.4 Å². The minimum atomic E-state index is -0.299. The van der Waals surface area contributed by atoms with E-state index in [1.165, 1.54) is 5.56 Å². The number of amides is 1. The van der Waals surface area contributed by atoms with Crippen LogP contribution < -0.4 is 16.5 Å². The van der Waals surface area contributed by atoms with Crippen molar-refractivity contribution in [2.75, 3.05) is 11.1 Å². The minimum Gasteiger partial charge on any atom is -0.382 e. The number of rotatable bonds is 5. The summed E-state index contributed by atoms with van der Waals surface area (Å²) in [4.78, 5) is 21.5. The number of carbonyl (C=O) groups is 1. The summed E-state index contributed by atoms with van der Waals surface area (Å²) in [7, 11) is 0. The fourth-order valence-electron chi connectivity index (χ4n) is 2.32. The first kappa shape index (κ1) is 15.1. The molecule has 6 heteroatoms. The standard InChI is InChI=1S/C17H18N4O2/c18-16-14(7-4-10-19-16)20-17(22)15-11-13(23-21-15)9-8-12-5-2-1-3-6-12/h1-7,10-11,13,21H,8-9H2,(H2,18,19)(H,20,22). The number of carbonyl (C=O) groups excluding carboxylic acids is 1. The van der Waals surface area contributed by atoms with E-state index >= 15 is 0 Å². The van der Waals surface area contributed by atoms with Crippen molar-refractivity contribution in [3.63, 3.8) is 0 Å². The predicted molar refractivity (Wildman–Crippen MR) is 88.1 cm³/mol. The van der Waals surface area contributed by atoms with Crippen LogP contribution in [0.2, 0.25) is 0 Å². The molecule has 0 fully saturated rings. The number of aromatic nitrogens is 1. The van der Waals surface area contributed by atoms with Gasteiger partial charge in [-0.1, -0.05) is 30.3 Å². The topological polar surface area (TPSA) is 89.3 Å². The lowest BCUT2D eigenvalue weighted by molar-refractivity contribution is -0.114. The van der Waals surface area contributed by atoms with Gasteiger partial charge in [0.1, 0.15) is 17.6 Å². The van der Waals surface area contributed by atoms with Gasteiger partial charge in [0.2, 0.25) is 0 Å². The van der Waals surface area contributed by atoms with Gasteiger partial charge in [-0.05, 0) is 36.6 Å². The Bertz CT molecular complexity index is 716. The number of anilines is 2. The molecule has 0 radical (unpaired) electrons. The Morgan fingerprint density at radius 1 is 1.26 bits per heavy atom. The molecule has 1 aliphatic rings. The Kier molecular flexibility index (Phi) is 4.54. The minimum absolute atomic E-state index is 0.137. The van der Waals surface area contributed by atoms with Gasteiger partial charge in [-0.15, -0.1) is 0 Å². The molecule has 0 bridgehead atoms. The number of nitrogens with one attached hydrogen (secondary N) is 2. The van der Waals surface area contributed by atoms with Crippen molar-refractivity contribution in [3.05, 3.63) is 66.0 Å². The van der Waals surface area contributed by atoms with Gasteiger partial charge in [-0.3, -0.25) is 15.1 Å². The number of nitrogens with zero attached hydrogens (tertiary/aromatic N) is 1. The van der Waals surface area contributed by atoms with Crippen LogP contribution in [0.15, 0.2) is 60.4 Å². The number of aryl methyl sites for hydroxylation is 1. The average Bonchev–Trinajstić information content (AvgIpc) is 3.05. The van der Waals surface area contributed by atoms with Crippen LogP contribution in [0.3, 0.4) is 0 Å². The normalized spacial score (nSPS) is 16.5. The molecule has 6 nitrogen and oxygen atoms in total. The molecule has 0 aliphatic carbocycles. The van der Waals surface area contributed by atoms with Gasteiger partial charge in [-0.25, -0.2) is 4.98 Å². The van der Waals surface area contributed by atoms with Crippen LogP contribution in [0.1, 0.15) is 12.0 Å². The summed E-state index contributed by atoms with van der Waals surface area (Å²) in [5.74, 6) is -0.0205. The van der Waals surface area contributed by atoms with Crippen molar-refractivity contribution in [2.45, 2.75) is 18.9 Å². The predicted octanol–water partition coefficient (Wildman–Crippen LogP) is 2.02. The highest BCUT2D eigenvalue weighted by Crippen LogP contribution is 2.17. The van der Waals surface area contributed by atoms with E-state index in [1.807, 2.05) is 18.2 Å². The maximum Gasteiger partial charge on any atom is 0.273 e. The second-order valence-corrected chi connectivity index (χ2v) is 5.25. The molecular weight excluding hydrogens is 292 g/mol. The lowest BCUT2D eigenvalue weighted by atomic mass is 10.1. The summed E-state index contributed by atoms with van der Waals surface area (Å²) in [5.41, 5.74) is 10.5. The van der Waals surface area contributed by atoms with Gasteiger partial charge in [0.15, 0.2) is 0 Å². The zero-order valence-corrected chi connectivity index (χ0v) is 12.5. The Balaban J connectivity index is 1.56. The number of hydrogen-bond donors (Lipinski definition) is 3. The van der Waals surface area contributed by atoms with Gasteiger partial charge in [0.05, 0.1) is 5.69 Å². The van der Waals surface area contributed by atoms with Crippen LogP contribution >= 0.6 is 0 Å². The molecule has 1 atom stereocenters. The van der Waals surface area contributed by atoms with Crippen molar-refractivity contribution in [1.82, 2.24) is 10.5 Å². The van der Waals surface area contributed by atoms with Gasteiger partial charge in [0.25, 0.3) is 5.91 Å². The Labute approximate surface area is 134 Å². The van der Waals surface area contributed by atoms with Crippen LogP contribution in [0.4, 0.5) is 11.5 Å². The van der Waals surface area contributed by atoms with E-state index in [0.717, 1.165) is 12.8 Å². The van der Waals surface area contributed by atoms with E-state index < -0.39 is 0 Å². The molecule has 1 aromatic carbocycles. The van der Waals surface area contributed by atoms with Crippen molar-refractivity contribution in [2.24, 2.45) is 0 Å². The Hall–Kier alpha value is -2.86. The van der Waals surface area contributed by atoms with Crippen LogP contribution in [0, 0.1) is 0 Å². The third-order valence-electron chi connectivity index (χ3n) is 3.56. The number of hydrogen-bond acceptors (Lipinski definition) is 5. The third-order valence-corrected chi connectivity index (χ3v) is 3.56. The highest BCUT2D eigenvalue weighted by atomic mass is 16.7. The van der Waals surface area contributed by atoms with E-state index in [1.54, 1.807) is 24.4 Å². The van der Waals surface area contributed by atoms with Crippen LogP contribution in [0.25, 0.3) is 0 Å². The van der Waals surface area contributed by atoms with E-state index in [-0.39, 0.29) is 17.8 Å². The van der Waals surface area contributed by atoms with Crippen LogP contribution in [0.5, 0.6) is 0 Å². The first-order valence-electron chi connectivity index (χ1n) is 7.41. The first-order valence-corrected chi connectivity index (χ1v) is 7.41. The summed E-state index contributed by atoms with van der Waals surface area (Å²) in [5, 5.41) is 2.71. The molecule has 0 saturated carbocycles. The van der Waals surface area contributed by atoms with Gasteiger partial charge >= 0.3 is 0 Å². The summed E-state index contributed by atoms with van der Waals surface area (Å²) in [6.07, 6.45) is 4.89. The van der Waals surface area contributed by atoms with Crippen molar-refractivity contribution in [1.29, 1.82) is 0 Å². The van der Waals surface area contributed by atoms with E-state index in [2.05, 4.69) is 27.9 Å². The zero-order chi connectivity index (χ0) is 16.1. The van der Waals surface area contributed by atoms with Gasteiger partial charge < -0.3 is 11.1 Å².